The number of hydrogen-bond acceptors (Lipinski definition) is 3. The van der Waals surface area contributed by atoms with Gasteiger partial charge in [-0.2, -0.15) is 0 Å². The minimum absolute atomic E-state index is 0.00961. The second-order valence-electron chi connectivity index (χ2n) is 8.90. The summed E-state index contributed by atoms with van der Waals surface area (Å²) in [6.07, 6.45) is 3.12. The quantitative estimate of drug-likeness (QED) is 0.559. The fourth-order valence-electron chi connectivity index (χ4n) is 5.26. The molecule has 2 aliphatic rings. The van der Waals surface area contributed by atoms with Gasteiger partial charge < -0.3 is 9.80 Å². The highest BCUT2D eigenvalue weighted by molar-refractivity contribution is 7.10. The Labute approximate surface area is 193 Å². The van der Waals surface area contributed by atoms with E-state index in [2.05, 4.69) is 30.3 Å². The van der Waals surface area contributed by atoms with Gasteiger partial charge in [0.2, 0.25) is 5.91 Å². The predicted molar refractivity (Wildman–Crippen MR) is 128 cm³/mol. The number of benzene rings is 2. The van der Waals surface area contributed by atoms with E-state index >= 15 is 0 Å². The van der Waals surface area contributed by atoms with Gasteiger partial charge in [-0.15, -0.1) is 11.3 Å². The number of carbonyl (C=O) groups is 2. The Kier molecular flexibility index (Phi) is 5.83. The van der Waals surface area contributed by atoms with Crippen LogP contribution in [0.4, 0.5) is 0 Å². The Morgan fingerprint density at radius 1 is 0.969 bits per heavy atom. The van der Waals surface area contributed by atoms with Crippen LogP contribution >= 0.6 is 11.3 Å². The third kappa shape index (κ3) is 3.86. The molecule has 2 aromatic carbocycles. The predicted octanol–water partition coefficient (Wildman–Crippen LogP) is 5.14. The lowest BCUT2D eigenvalue weighted by molar-refractivity contribution is -0.135. The maximum Gasteiger partial charge on any atom is 0.254 e. The summed E-state index contributed by atoms with van der Waals surface area (Å²) in [5, 5.41) is 2.02. The first-order valence-corrected chi connectivity index (χ1v) is 12.2. The lowest BCUT2D eigenvalue weighted by atomic mass is 9.80. The number of amides is 2. The number of fused-ring (bicyclic) bond motifs is 1. The van der Waals surface area contributed by atoms with Gasteiger partial charge in [0.25, 0.3) is 5.91 Å². The number of likely N-dealkylation sites (N-methyl/N-ethyl adjacent to an activating group) is 1. The molecule has 2 amide bonds. The number of thiophene rings is 1. The van der Waals surface area contributed by atoms with Gasteiger partial charge in [-0.3, -0.25) is 9.59 Å². The maximum atomic E-state index is 13.9. The summed E-state index contributed by atoms with van der Waals surface area (Å²) in [5.74, 6) is 0.383. The molecule has 1 fully saturated rings. The molecule has 1 saturated heterocycles. The number of carbonyl (C=O) groups excluding carboxylic acids is 2. The van der Waals surface area contributed by atoms with E-state index < -0.39 is 0 Å². The fourth-order valence-corrected chi connectivity index (χ4v) is 6.16. The molecule has 0 spiro atoms. The van der Waals surface area contributed by atoms with Crippen LogP contribution in [-0.2, 0) is 11.2 Å². The summed E-state index contributed by atoms with van der Waals surface area (Å²) in [6, 6.07) is 22.0. The normalized spacial score (nSPS) is 21.5. The first kappa shape index (κ1) is 21.0. The zero-order valence-corrected chi connectivity index (χ0v) is 19.1. The van der Waals surface area contributed by atoms with Crippen molar-refractivity contribution in [3.05, 3.63) is 93.7 Å². The first-order valence-electron chi connectivity index (χ1n) is 11.4. The Morgan fingerprint density at radius 2 is 1.69 bits per heavy atom. The van der Waals surface area contributed by atoms with E-state index in [-0.39, 0.29) is 23.8 Å². The van der Waals surface area contributed by atoms with E-state index in [0.29, 0.717) is 11.5 Å². The van der Waals surface area contributed by atoms with Crippen molar-refractivity contribution in [3.63, 3.8) is 0 Å². The van der Waals surface area contributed by atoms with Crippen molar-refractivity contribution >= 4 is 23.2 Å². The number of piperidine rings is 1. The van der Waals surface area contributed by atoms with Crippen LogP contribution in [0.5, 0.6) is 0 Å². The van der Waals surface area contributed by atoms with Gasteiger partial charge in [0, 0.05) is 30.6 Å². The molecule has 4 nitrogen and oxygen atoms in total. The minimum Gasteiger partial charge on any atom is -0.342 e. The SMILES string of the molecule is CN1C(=O)c2ccccc2C(C(=O)N2CCC(Cc3ccccc3)CC2)C1c1cccs1. The van der Waals surface area contributed by atoms with Gasteiger partial charge in [0.05, 0.1) is 12.0 Å². The summed E-state index contributed by atoms with van der Waals surface area (Å²) in [7, 11) is 1.83. The van der Waals surface area contributed by atoms with E-state index in [1.165, 1.54) is 5.56 Å². The average Bonchev–Trinajstić information content (AvgIpc) is 3.36. The van der Waals surface area contributed by atoms with Gasteiger partial charge in [-0.25, -0.2) is 0 Å². The Morgan fingerprint density at radius 3 is 2.41 bits per heavy atom. The smallest absolute Gasteiger partial charge is 0.254 e. The van der Waals surface area contributed by atoms with Crippen molar-refractivity contribution in [2.75, 3.05) is 20.1 Å². The Bertz CT molecular complexity index is 1090. The molecule has 0 N–H and O–H groups in total. The number of likely N-dealkylation sites (tertiary alicyclic amines) is 1. The highest BCUT2D eigenvalue weighted by Gasteiger charge is 2.44. The lowest BCUT2D eigenvalue weighted by Gasteiger charge is -2.42. The van der Waals surface area contributed by atoms with Gasteiger partial charge >= 0.3 is 0 Å². The van der Waals surface area contributed by atoms with E-state index in [4.69, 9.17) is 0 Å². The Balaban J connectivity index is 1.39. The van der Waals surface area contributed by atoms with Gasteiger partial charge in [-0.1, -0.05) is 54.6 Å². The minimum atomic E-state index is -0.363. The van der Waals surface area contributed by atoms with Gasteiger partial charge in [-0.05, 0) is 53.8 Å². The molecule has 3 heterocycles. The largest absolute Gasteiger partial charge is 0.342 e. The molecular weight excluding hydrogens is 416 g/mol. The fraction of sp³-hybridized carbons (Fsp3) is 0.333. The summed E-state index contributed by atoms with van der Waals surface area (Å²) in [5.41, 5.74) is 2.89. The summed E-state index contributed by atoms with van der Waals surface area (Å²) < 4.78 is 0. The molecule has 32 heavy (non-hydrogen) atoms. The topological polar surface area (TPSA) is 40.6 Å². The second-order valence-corrected chi connectivity index (χ2v) is 9.88. The molecule has 2 atom stereocenters. The zero-order chi connectivity index (χ0) is 22.1. The van der Waals surface area contributed by atoms with Gasteiger partial charge in [0.1, 0.15) is 0 Å². The first-order chi connectivity index (χ1) is 15.6. The van der Waals surface area contributed by atoms with Crippen LogP contribution in [0.15, 0.2) is 72.1 Å². The molecule has 164 valence electrons. The third-order valence-electron chi connectivity index (χ3n) is 6.97. The van der Waals surface area contributed by atoms with Crippen molar-refractivity contribution in [1.29, 1.82) is 0 Å². The molecule has 1 aromatic heterocycles. The molecule has 2 unspecified atom stereocenters. The third-order valence-corrected chi connectivity index (χ3v) is 7.92. The van der Waals surface area contributed by atoms with Crippen LogP contribution in [0.3, 0.4) is 0 Å². The van der Waals surface area contributed by atoms with Crippen molar-refractivity contribution < 1.29 is 9.59 Å². The van der Waals surface area contributed by atoms with Gasteiger partial charge in [0.15, 0.2) is 0 Å². The average molecular weight is 445 g/mol. The van der Waals surface area contributed by atoms with E-state index in [1.54, 1.807) is 16.2 Å². The van der Waals surface area contributed by atoms with E-state index in [1.807, 2.05) is 53.7 Å². The van der Waals surface area contributed by atoms with Crippen molar-refractivity contribution in [2.24, 2.45) is 5.92 Å². The highest BCUT2D eigenvalue weighted by Crippen LogP contribution is 2.44. The van der Waals surface area contributed by atoms with Crippen molar-refractivity contribution in [2.45, 2.75) is 31.2 Å². The molecule has 5 rings (SSSR count). The number of hydrogen-bond donors (Lipinski definition) is 0. The maximum absolute atomic E-state index is 13.9. The molecule has 0 aliphatic carbocycles. The Hall–Kier alpha value is -2.92. The molecule has 2 aliphatic heterocycles. The monoisotopic (exact) mass is 444 g/mol. The van der Waals surface area contributed by atoms with Crippen LogP contribution in [0.2, 0.25) is 0 Å². The van der Waals surface area contributed by atoms with E-state index in [9.17, 15) is 9.59 Å². The standard InChI is InChI=1S/C27H28N2O2S/c1-28-25(23-12-7-17-32-23)24(21-10-5-6-11-22(21)26(28)30)27(31)29-15-13-20(14-16-29)18-19-8-3-2-4-9-19/h2-12,17,20,24-25H,13-16,18H2,1H3. The lowest BCUT2D eigenvalue weighted by Crippen LogP contribution is -2.48. The molecule has 0 saturated carbocycles. The zero-order valence-electron chi connectivity index (χ0n) is 18.3. The highest BCUT2D eigenvalue weighted by atomic mass is 32.1. The molecule has 0 bridgehead atoms. The summed E-state index contributed by atoms with van der Waals surface area (Å²) in [6.45, 7) is 1.56. The summed E-state index contributed by atoms with van der Waals surface area (Å²) >= 11 is 1.61. The van der Waals surface area contributed by atoms with Crippen LogP contribution in [-0.4, -0.2) is 41.8 Å². The van der Waals surface area contributed by atoms with Crippen LogP contribution in [0, 0.1) is 5.92 Å². The van der Waals surface area contributed by atoms with Crippen LogP contribution < -0.4 is 0 Å². The van der Waals surface area contributed by atoms with Crippen molar-refractivity contribution in [3.8, 4) is 0 Å². The van der Waals surface area contributed by atoms with Crippen molar-refractivity contribution in [1.82, 2.24) is 9.80 Å². The van der Waals surface area contributed by atoms with E-state index in [0.717, 1.165) is 42.8 Å². The van der Waals surface area contributed by atoms with Crippen LogP contribution in [0.25, 0.3) is 0 Å². The summed E-state index contributed by atoms with van der Waals surface area (Å²) in [4.78, 5) is 31.9. The molecule has 3 aromatic rings. The molecule has 5 heteroatoms. The second kappa shape index (κ2) is 8.91. The number of rotatable bonds is 4. The van der Waals surface area contributed by atoms with Crippen LogP contribution in [0.1, 0.15) is 51.2 Å². The molecule has 0 radical (unpaired) electrons. The number of nitrogens with zero attached hydrogens (tertiary/aromatic N) is 2. The molecular formula is C27H28N2O2S.